The fraction of sp³-hybridized carbons (Fsp3) is 1.00. The number of hydrogen-bond acceptors (Lipinski definition) is 3. The van der Waals surface area contributed by atoms with Gasteiger partial charge in [-0.05, 0) is 31.9 Å². The lowest BCUT2D eigenvalue weighted by atomic mass is 9.91. The maximum atomic E-state index is 3.61. The minimum absolute atomic E-state index is 0.634. The summed E-state index contributed by atoms with van der Waals surface area (Å²) in [5.41, 5.74) is 0. The first-order chi connectivity index (χ1) is 6.22. The van der Waals surface area contributed by atoms with Crippen molar-refractivity contribution in [2.24, 2.45) is 0 Å². The van der Waals surface area contributed by atoms with E-state index in [-0.39, 0.29) is 0 Å². The molecule has 1 saturated carbocycles. The van der Waals surface area contributed by atoms with Crippen molar-refractivity contribution in [2.45, 2.75) is 57.7 Å². The molecule has 2 N–H and O–H groups in total. The third-order valence-corrected chi connectivity index (χ3v) is 3.15. The van der Waals surface area contributed by atoms with Crippen LogP contribution in [-0.2, 0) is 0 Å². The smallest absolute Gasteiger partial charge is 0.0172 e. The Morgan fingerprint density at radius 3 is 2.08 bits per heavy atom. The normalized spacial score (nSPS) is 29.5. The fourth-order valence-electron chi connectivity index (χ4n) is 2.02. The highest BCUT2D eigenvalue weighted by Gasteiger charge is 2.20. The third kappa shape index (κ3) is 4.34. The maximum Gasteiger partial charge on any atom is 0.0172 e. The van der Waals surface area contributed by atoms with Crippen LogP contribution in [0.15, 0.2) is 0 Å². The van der Waals surface area contributed by atoms with Gasteiger partial charge < -0.3 is 5.32 Å². The van der Waals surface area contributed by atoms with E-state index < -0.39 is 0 Å². The molecular weight excluding hydrogens is 180 g/mol. The van der Waals surface area contributed by atoms with Gasteiger partial charge in [0.2, 0.25) is 0 Å². The minimum Gasteiger partial charge on any atom is -0.312 e. The molecule has 0 amide bonds. The van der Waals surface area contributed by atoms with Crippen LogP contribution in [-0.4, -0.2) is 24.4 Å². The molecule has 0 aliphatic heterocycles. The van der Waals surface area contributed by atoms with Crippen LogP contribution in [0.3, 0.4) is 0 Å². The molecule has 13 heavy (non-hydrogen) atoms. The molecule has 1 aliphatic rings. The molecular formula is C10H22N2S. The van der Waals surface area contributed by atoms with Gasteiger partial charge in [0, 0.05) is 18.1 Å². The van der Waals surface area contributed by atoms with Crippen LogP contribution in [0.1, 0.15) is 39.5 Å². The van der Waals surface area contributed by atoms with Gasteiger partial charge in [0.05, 0.1) is 0 Å². The second-order valence-corrected chi connectivity index (χ2v) is 4.84. The largest absolute Gasteiger partial charge is 0.312 e. The van der Waals surface area contributed by atoms with Gasteiger partial charge in [0.25, 0.3) is 0 Å². The predicted octanol–water partition coefficient (Wildman–Crippen LogP) is 2.16. The second-order valence-electron chi connectivity index (χ2n) is 4.19. The van der Waals surface area contributed by atoms with Gasteiger partial charge in [-0.2, -0.15) is 0 Å². The molecule has 0 aromatic carbocycles. The summed E-state index contributed by atoms with van der Waals surface area (Å²) in [4.78, 5) is 0. The summed E-state index contributed by atoms with van der Waals surface area (Å²) in [5.74, 6) is 0. The van der Waals surface area contributed by atoms with Crippen molar-refractivity contribution in [3.05, 3.63) is 0 Å². The highest BCUT2D eigenvalue weighted by Crippen LogP contribution is 2.19. The zero-order chi connectivity index (χ0) is 9.68. The minimum atomic E-state index is 0.634. The Balaban J connectivity index is 2.15. The van der Waals surface area contributed by atoms with E-state index in [9.17, 15) is 0 Å². The van der Waals surface area contributed by atoms with Gasteiger partial charge in [0.15, 0.2) is 0 Å². The van der Waals surface area contributed by atoms with Crippen molar-refractivity contribution in [3.8, 4) is 0 Å². The SMILES string of the molecule is CSN[C@H]1CC[C@H](NC(C)C)CC1. The first kappa shape index (κ1) is 11.3. The zero-order valence-electron chi connectivity index (χ0n) is 8.97. The van der Waals surface area contributed by atoms with Gasteiger partial charge in [-0.3, -0.25) is 4.72 Å². The molecule has 0 heterocycles. The van der Waals surface area contributed by atoms with E-state index in [1.165, 1.54) is 25.7 Å². The number of hydrogen-bond donors (Lipinski definition) is 2. The highest BCUT2D eigenvalue weighted by atomic mass is 32.2. The average molecular weight is 202 g/mol. The van der Waals surface area contributed by atoms with Crippen molar-refractivity contribution in [3.63, 3.8) is 0 Å². The molecule has 0 radical (unpaired) electrons. The fourth-order valence-corrected chi connectivity index (χ4v) is 2.59. The predicted molar refractivity (Wildman–Crippen MR) is 61.0 cm³/mol. The van der Waals surface area contributed by atoms with Crippen LogP contribution < -0.4 is 10.0 Å². The monoisotopic (exact) mass is 202 g/mol. The van der Waals surface area contributed by atoms with Gasteiger partial charge in [0.1, 0.15) is 0 Å². The first-order valence-electron chi connectivity index (χ1n) is 5.27. The van der Waals surface area contributed by atoms with Crippen molar-refractivity contribution in [2.75, 3.05) is 6.26 Å². The van der Waals surface area contributed by atoms with E-state index in [0.717, 1.165) is 12.1 Å². The standard InChI is InChI=1S/C10H22N2S/c1-8(2)11-9-4-6-10(7-5-9)12-13-3/h8-12H,4-7H2,1-3H3/t9-,10-. The van der Waals surface area contributed by atoms with E-state index >= 15 is 0 Å². The summed E-state index contributed by atoms with van der Waals surface area (Å²) in [7, 11) is 0. The van der Waals surface area contributed by atoms with Crippen LogP contribution in [0.2, 0.25) is 0 Å². The number of rotatable bonds is 4. The van der Waals surface area contributed by atoms with E-state index in [2.05, 4.69) is 30.1 Å². The molecule has 0 saturated heterocycles. The van der Waals surface area contributed by atoms with Crippen LogP contribution in [0.4, 0.5) is 0 Å². The lowest BCUT2D eigenvalue weighted by Gasteiger charge is -2.30. The van der Waals surface area contributed by atoms with E-state index in [1.807, 2.05) is 0 Å². The number of nitrogens with one attached hydrogen (secondary N) is 2. The van der Waals surface area contributed by atoms with E-state index in [0.29, 0.717) is 6.04 Å². The average Bonchev–Trinajstić information content (AvgIpc) is 2.08. The summed E-state index contributed by atoms with van der Waals surface area (Å²) in [6, 6.07) is 2.15. The maximum absolute atomic E-state index is 3.61. The molecule has 2 nitrogen and oxygen atoms in total. The molecule has 1 rings (SSSR count). The summed E-state index contributed by atoms with van der Waals surface area (Å²) in [5, 5.41) is 3.61. The van der Waals surface area contributed by atoms with Crippen LogP contribution in [0, 0.1) is 0 Å². The Hall–Kier alpha value is 0.270. The molecule has 0 aromatic heterocycles. The van der Waals surface area contributed by atoms with Gasteiger partial charge >= 0.3 is 0 Å². The van der Waals surface area contributed by atoms with Gasteiger partial charge in [-0.25, -0.2) is 0 Å². The molecule has 1 aliphatic carbocycles. The molecule has 0 aromatic rings. The molecule has 78 valence electrons. The Bertz CT molecular complexity index is 131. The molecule has 0 spiro atoms. The second kappa shape index (κ2) is 5.89. The summed E-state index contributed by atoms with van der Waals surface area (Å²) in [6.45, 7) is 4.46. The quantitative estimate of drug-likeness (QED) is 0.683. The topological polar surface area (TPSA) is 24.1 Å². The lowest BCUT2D eigenvalue weighted by molar-refractivity contribution is 0.318. The van der Waals surface area contributed by atoms with Gasteiger partial charge in [-0.15, -0.1) is 0 Å². The summed E-state index contributed by atoms with van der Waals surface area (Å²) < 4.78 is 3.45. The van der Waals surface area contributed by atoms with Crippen molar-refractivity contribution in [1.29, 1.82) is 0 Å². The van der Waals surface area contributed by atoms with E-state index in [4.69, 9.17) is 0 Å². The molecule has 3 heteroatoms. The summed E-state index contributed by atoms with van der Waals surface area (Å²) >= 11 is 1.75. The van der Waals surface area contributed by atoms with E-state index in [1.54, 1.807) is 11.9 Å². The molecule has 1 fully saturated rings. The Kier molecular flexibility index (Phi) is 5.14. The third-order valence-electron chi connectivity index (χ3n) is 2.58. The Labute approximate surface area is 86.4 Å². The van der Waals surface area contributed by atoms with Crippen molar-refractivity contribution in [1.82, 2.24) is 10.0 Å². The van der Waals surface area contributed by atoms with Crippen LogP contribution in [0.5, 0.6) is 0 Å². The van der Waals surface area contributed by atoms with Crippen LogP contribution >= 0.6 is 11.9 Å². The summed E-state index contributed by atoms with van der Waals surface area (Å²) in [6.07, 6.45) is 7.42. The molecule has 0 unspecified atom stereocenters. The lowest BCUT2D eigenvalue weighted by Crippen LogP contribution is -2.40. The van der Waals surface area contributed by atoms with Crippen molar-refractivity contribution >= 4 is 11.9 Å². The zero-order valence-corrected chi connectivity index (χ0v) is 9.79. The Morgan fingerprint density at radius 2 is 1.62 bits per heavy atom. The Morgan fingerprint density at radius 1 is 1.08 bits per heavy atom. The van der Waals surface area contributed by atoms with Crippen molar-refractivity contribution < 1.29 is 0 Å². The van der Waals surface area contributed by atoms with Gasteiger partial charge in [-0.1, -0.05) is 25.8 Å². The molecule has 0 atom stereocenters. The first-order valence-corrected chi connectivity index (χ1v) is 6.49. The highest BCUT2D eigenvalue weighted by molar-refractivity contribution is 7.96. The molecule has 0 bridgehead atoms. The van der Waals surface area contributed by atoms with Crippen LogP contribution in [0.25, 0.3) is 0 Å².